The van der Waals surface area contributed by atoms with E-state index in [0.29, 0.717) is 5.58 Å². The fourth-order valence-electron chi connectivity index (χ4n) is 6.42. The van der Waals surface area contributed by atoms with Gasteiger partial charge in [0, 0.05) is 27.4 Å². The summed E-state index contributed by atoms with van der Waals surface area (Å²) >= 11 is 0. The zero-order valence-electron chi connectivity index (χ0n) is 22.5. The van der Waals surface area contributed by atoms with Crippen LogP contribution in [0.4, 0.5) is 0 Å². The van der Waals surface area contributed by atoms with Crippen LogP contribution in [0.25, 0.3) is 82.7 Å². The van der Waals surface area contributed by atoms with E-state index >= 15 is 0 Å². The van der Waals surface area contributed by atoms with E-state index in [1.807, 2.05) is 6.07 Å². The topological polar surface area (TPSA) is 43.9 Å². The number of rotatable bonds is 3. The van der Waals surface area contributed by atoms with Crippen LogP contribution in [0.3, 0.4) is 0 Å². The molecule has 0 spiro atoms. The number of benzene rings is 6. The minimum absolute atomic E-state index is 0.696. The van der Waals surface area contributed by atoms with Crippen LogP contribution in [0.1, 0.15) is 0 Å². The number of para-hydroxylation sites is 2. The van der Waals surface area contributed by atoms with Crippen molar-refractivity contribution in [3.8, 4) is 28.1 Å². The number of furan rings is 1. The lowest BCUT2D eigenvalue weighted by atomic mass is 9.97. The molecule has 0 N–H and O–H groups in total. The van der Waals surface area contributed by atoms with Crippen LogP contribution in [0.15, 0.2) is 144 Å². The highest BCUT2D eigenvalue weighted by molar-refractivity contribution is 6.10. The van der Waals surface area contributed by atoms with Gasteiger partial charge < -0.3 is 8.98 Å². The molecule has 3 aromatic heterocycles. The Morgan fingerprint density at radius 3 is 2.07 bits per heavy atom. The molecular formula is C38H23N3O. The molecular weight excluding hydrogens is 514 g/mol. The van der Waals surface area contributed by atoms with Crippen LogP contribution < -0.4 is 0 Å². The zero-order chi connectivity index (χ0) is 27.6. The van der Waals surface area contributed by atoms with Gasteiger partial charge in [-0.3, -0.25) is 0 Å². The van der Waals surface area contributed by atoms with E-state index in [4.69, 9.17) is 14.4 Å². The molecule has 0 aliphatic rings. The van der Waals surface area contributed by atoms with Crippen molar-refractivity contribution in [1.29, 1.82) is 0 Å². The van der Waals surface area contributed by atoms with Gasteiger partial charge in [-0.15, -0.1) is 0 Å². The van der Waals surface area contributed by atoms with E-state index in [1.54, 1.807) is 6.33 Å². The minimum Gasteiger partial charge on any atom is -0.452 e. The third-order valence-electron chi connectivity index (χ3n) is 8.31. The standard InChI is InChI=1S/C38H23N3O/c1-2-13-28-24(9-1)10-8-16-29(28)25-19-20-35-32(22-25)37-38(42-35)36(39-23-40-37)26-11-7-12-27(21-26)41-33-17-5-3-14-30(33)31-15-4-6-18-34(31)41/h1-23H. The Balaban J connectivity index is 1.22. The van der Waals surface area contributed by atoms with E-state index in [2.05, 4.69) is 132 Å². The molecule has 0 amide bonds. The summed E-state index contributed by atoms with van der Waals surface area (Å²) in [5.41, 5.74) is 9.83. The second kappa shape index (κ2) is 8.88. The summed E-state index contributed by atoms with van der Waals surface area (Å²) in [6.45, 7) is 0. The molecule has 0 radical (unpaired) electrons. The van der Waals surface area contributed by atoms with Gasteiger partial charge in [0.1, 0.15) is 23.1 Å². The summed E-state index contributed by atoms with van der Waals surface area (Å²) in [5, 5.41) is 5.91. The Bertz CT molecular complexity index is 2430. The highest BCUT2D eigenvalue weighted by atomic mass is 16.3. The van der Waals surface area contributed by atoms with Crippen LogP contribution in [0, 0.1) is 0 Å². The summed E-state index contributed by atoms with van der Waals surface area (Å²) in [5.74, 6) is 0. The van der Waals surface area contributed by atoms with Gasteiger partial charge >= 0.3 is 0 Å². The average Bonchev–Trinajstić information content (AvgIpc) is 3.60. The smallest absolute Gasteiger partial charge is 0.180 e. The summed E-state index contributed by atoms with van der Waals surface area (Å²) in [4.78, 5) is 9.42. The normalized spacial score (nSPS) is 11.8. The van der Waals surface area contributed by atoms with Gasteiger partial charge in [0.05, 0.1) is 11.0 Å². The summed E-state index contributed by atoms with van der Waals surface area (Å²) in [7, 11) is 0. The van der Waals surface area contributed by atoms with Gasteiger partial charge in [-0.25, -0.2) is 9.97 Å². The second-order valence-electron chi connectivity index (χ2n) is 10.7. The van der Waals surface area contributed by atoms with Crippen LogP contribution >= 0.6 is 0 Å². The molecule has 0 aliphatic carbocycles. The Morgan fingerprint density at radius 2 is 1.24 bits per heavy atom. The Hall–Kier alpha value is -5.74. The van der Waals surface area contributed by atoms with E-state index < -0.39 is 0 Å². The number of aromatic nitrogens is 3. The number of fused-ring (bicyclic) bond motifs is 7. The lowest BCUT2D eigenvalue weighted by molar-refractivity contribution is 0.667. The summed E-state index contributed by atoms with van der Waals surface area (Å²) < 4.78 is 8.78. The first-order valence-electron chi connectivity index (χ1n) is 14.1. The van der Waals surface area contributed by atoms with Crippen LogP contribution in [-0.2, 0) is 0 Å². The third-order valence-corrected chi connectivity index (χ3v) is 8.31. The lowest BCUT2D eigenvalue weighted by Crippen LogP contribution is -1.95. The minimum atomic E-state index is 0.696. The molecule has 0 bridgehead atoms. The molecule has 4 nitrogen and oxygen atoms in total. The van der Waals surface area contributed by atoms with Crippen molar-refractivity contribution >= 4 is 54.6 Å². The molecule has 9 aromatic rings. The Kier molecular flexibility index (Phi) is 4.87. The molecule has 42 heavy (non-hydrogen) atoms. The molecule has 0 aliphatic heterocycles. The molecule has 6 aromatic carbocycles. The van der Waals surface area contributed by atoms with Gasteiger partial charge in [-0.05, 0) is 58.3 Å². The lowest BCUT2D eigenvalue weighted by Gasteiger charge is -2.10. The average molecular weight is 538 g/mol. The third kappa shape index (κ3) is 3.36. The van der Waals surface area contributed by atoms with Crippen molar-refractivity contribution in [3.63, 3.8) is 0 Å². The van der Waals surface area contributed by atoms with Crippen LogP contribution in [0.5, 0.6) is 0 Å². The quantitative estimate of drug-likeness (QED) is 0.225. The van der Waals surface area contributed by atoms with E-state index in [1.165, 1.54) is 38.1 Å². The van der Waals surface area contributed by atoms with Gasteiger partial charge in [0.2, 0.25) is 0 Å². The summed E-state index contributed by atoms with van der Waals surface area (Å²) in [6.07, 6.45) is 1.64. The largest absolute Gasteiger partial charge is 0.452 e. The maximum atomic E-state index is 6.46. The first kappa shape index (κ1) is 23.0. The first-order chi connectivity index (χ1) is 20.8. The molecule has 196 valence electrons. The fourth-order valence-corrected chi connectivity index (χ4v) is 6.42. The highest BCUT2D eigenvalue weighted by Crippen LogP contribution is 2.38. The van der Waals surface area contributed by atoms with Gasteiger partial charge in [0.25, 0.3) is 0 Å². The van der Waals surface area contributed by atoms with Crippen molar-refractivity contribution in [2.24, 2.45) is 0 Å². The van der Waals surface area contributed by atoms with Crippen molar-refractivity contribution in [1.82, 2.24) is 14.5 Å². The maximum Gasteiger partial charge on any atom is 0.180 e. The predicted octanol–water partition coefficient (Wildman–Crippen LogP) is 9.96. The highest BCUT2D eigenvalue weighted by Gasteiger charge is 2.18. The van der Waals surface area contributed by atoms with Crippen molar-refractivity contribution < 1.29 is 4.42 Å². The van der Waals surface area contributed by atoms with E-state index in [9.17, 15) is 0 Å². The monoisotopic (exact) mass is 537 g/mol. The van der Waals surface area contributed by atoms with Gasteiger partial charge in [-0.1, -0.05) is 97.1 Å². The molecule has 0 unspecified atom stereocenters. The molecule has 0 atom stereocenters. The molecule has 4 heteroatoms. The van der Waals surface area contributed by atoms with Gasteiger partial charge in [0.15, 0.2) is 5.58 Å². The number of hydrogen-bond donors (Lipinski definition) is 0. The zero-order valence-corrected chi connectivity index (χ0v) is 22.5. The van der Waals surface area contributed by atoms with E-state index in [0.717, 1.165) is 39.0 Å². The molecule has 0 saturated heterocycles. The number of nitrogens with zero attached hydrogens (tertiary/aromatic N) is 3. The van der Waals surface area contributed by atoms with Gasteiger partial charge in [-0.2, -0.15) is 0 Å². The fraction of sp³-hybridized carbons (Fsp3) is 0. The van der Waals surface area contributed by atoms with Crippen molar-refractivity contribution in [2.75, 3.05) is 0 Å². The molecule has 9 rings (SSSR count). The predicted molar refractivity (Wildman–Crippen MR) is 172 cm³/mol. The van der Waals surface area contributed by atoms with Crippen LogP contribution in [-0.4, -0.2) is 14.5 Å². The maximum absolute atomic E-state index is 6.46. The van der Waals surface area contributed by atoms with Crippen LogP contribution in [0.2, 0.25) is 0 Å². The summed E-state index contributed by atoms with van der Waals surface area (Å²) in [6, 6.07) is 46.9. The second-order valence-corrected chi connectivity index (χ2v) is 10.7. The van der Waals surface area contributed by atoms with E-state index in [-0.39, 0.29) is 0 Å². The molecule has 0 fully saturated rings. The SMILES string of the molecule is c1cc(-c2ncnc3c2oc2ccc(-c4cccc5ccccc45)cc23)cc(-n2c3ccccc3c3ccccc32)c1. The molecule has 3 heterocycles. The first-order valence-corrected chi connectivity index (χ1v) is 14.1. The van der Waals surface area contributed by atoms with Crippen molar-refractivity contribution in [3.05, 3.63) is 140 Å². The number of hydrogen-bond acceptors (Lipinski definition) is 3. The Labute approximate surface area is 241 Å². The van der Waals surface area contributed by atoms with Crippen molar-refractivity contribution in [2.45, 2.75) is 0 Å². The Morgan fingerprint density at radius 1 is 0.524 bits per heavy atom. The molecule has 0 saturated carbocycles.